The molecule has 21 nitrogen and oxygen atoms in total. The van der Waals surface area contributed by atoms with Crippen molar-refractivity contribution in [3.05, 3.63) is 144 Å². The average molecular weight is 1210 g/mol. The molecule has 3 atom stereocenters. The Morgan fingerprint density at radius 3 is 1.59 bits per heavy atom. The molecule has 9 heterocycles. The second-order valence-corrected chi connectivity index (χ2v) is 20.7. The van der Waals surface area contributed by atoms with E-state index >= 15 is 0 Å². The summed E-state index contributed by atoms with van der Waals surface area (Å²) in [5.41, 5.74) is 1.29. The lowest BCUT2D eigenvalue weighted by molar-refractivity contribution is -0.115. The maximum absolute atomic E-state index is 14.8. The van der Waals surface area contributed by atoms with E-state index in [0.29, 0.717) is 31.8 Å². The van der Waals surface area contributed by atoms with Crippen molar-refractivity contribution < 1.29 is 78.4 Å². The largest absolute Gasteiger partial charge is 0.474 e. The molecule has 4 aromatic rings. The Balaban J connectivity index is 0.000000155. The van der Waals surface area contributed by atoms with Gasteiger partial charge in [-0.15, -0.1) is 5.10 Å². The smallest absolute Gasteiger partial charge is 0.414 e. The predicted octanol–water partition coefficient (Wildman–Crippen LogP) is 9.29. The van der Waals surface area contributed by atoms with Gasteiger partial charge in [-0.05, 0) is 81.3 Å². The topological polar surface area (TPSA) is 214 Å². The lowest BCUT2D eigenvalue weighted by Crippen LogP contribution is -2.29. The fraction of sp³-hybridized carbons (Fsp3) is 0.356. The Hall–Kier alpha value is -9.63. The fourth-order valence-electron chi connectivity index (χ4n) is 10.1. The molecule has 0 unspecified atom stereocenters. The Morgan fingerprint density at radius 2 is 1.08 bits per heavy atom. The summed E-state index contributed by atoms with van der Waals surface area (Å²) in [7, 11) is 0. The monoisotopic (exact) mass is 1210 g/mol. The third kappa shape index (κ3) is 14.1. The number of hydrogen-bond acceptors (Lipinski definition) is 17. The van der Waals surface area contributed by atoms with Gasteiger partial charge in [0.05, 0.1) is 73.4 Å². The molecule has 0 radical (unpaired) electrons. The Bertz CT molecular complexity index is 3620. The van der Waals surface area contributed by atoms with Gasteiger partial charge in [0.25, 0.3) is 0 Å². The third-order valence-corrected chi connectivity index (χ3v) is 14.5. The normalized spacial score (nSPS) is 20.5. The van der Waals surface area contributed by atoms with E-state index in [1.165, 1.54) is 75.6 Å². The minimum Gasteiger partial charge on any atom is -0.474 e. The molecular weight excluding hydrogens is 1160 g/mol. The molecule has 3 aromatic carbocycles. The standard InChI is InChI=1S/C21H20F3N3O3.C19H17F2N3O4.C18H17F2N5O3.CH4/c1-12-8-13(25-10-12)2-3-15-11-27(21(29)30-15)17-9-16(22)20(19(24)18(17)23)26-6-4-14(28)5-7-26;20-17-14(23-8-5-12(25)6-9-23)3-4-15(18(17)21)24-10-13(28-19(24)26)11-27-16-2-1-7-22-16;1-11-8-24(22-21-11)9-13-10-25(18(27)28-13)15-3-2-14(16(19)17(15)20)23-6-4-12(26)5-7-23;/h4,6,8-9,15H,2-3,5,7,10-11H2,1H3;1-5,8,13H,6-7,9-11H2;2-4,6,8,13H,5,7,9-10H2,1H3;1H4/t15-;2*13-;/m010./s1. The summed E-state index contributed by atoms with van der Waals surface area (Å²) in [6.45, 7) is 5.92. The first-order chi connectivity index (χ1) is 41.3. The van der Waals surface area contributed by atoms with Gasteiger partial charge in [0, 0.05) is 75.5 Å². The van der Waals surface area contributed by atoms with Gasteiger partial charge in [-0.1, -0.05) is 24.3 Å². The Morgan fingerprint density at radius 1 is 0.586 bits per heavy atom. The summed E-state index contributed by atoms with van der Waals surface area (Å²) in [4.78, 5) is 85.8. The van der Waals surface area contributed by atoms with Crippen molar-refractivity contribution in [2.24, 2.45) is 9.98 Å². The lowest BCUT2D eigenvalue weighted by atomic mass is 10.1. The summed E-state index contributed by atoms with van der Waals surface area (Å²) >= 11 is 0. The van der Waals surface area contributed by atoms with Crippen LogP contribution in [0.4, 0.5) is 79.2 Å². The maximum Gasteiger partial charge on any atom is 0.414 e. The number of allylic oxidation sites excluding steroid dienone is 4. The number of aromatic nitrogens is 3. The third-order valence-electron chi connectivity index (χ3n) is 14.5. The van der Waals surface area contributed by atoms with Crippen LogP contribution in [0.2, 0.25) is 0 Å². The molecule has 8 aliphatic heterocycles. The zero-order valence-corrected chi connectivity index (χ0v) is 46.1. The Labute approximate surface area is 493 Å². The number of carbonyl (C=O) groups excluding carboxylic acids is 6. The minimum atomic E-state index is -1.42. The number of nitrogens with zero attached hydrogens (tertiary/aromatic N) is 11. The summed E-state index contributed by atoms with van der Waals surface area (Å²) in [5.74, 6) is -8.11. The van der Waals surface area contributed by atoms with Crippen molar-refractivity contribution in [2.45, 2.75) is 78.2 Å². The first kappa shape index (κ1) is 61.9. The molecule has 1 aromatic heterocycles. The number of ketones is 3. The van der Waals surface area contributed by atoms with Crippen LogP contribution in [0, 0.1) is 47.6 Å². The van der Waals surface area contributed by atoms with Gasteiger partial charge in [-0.25, -0.2) is 54.8 Å². The zero-order chi connectivity index (χ0) is 60.9. The van der Waals surface area contributed by atoms with Crippen molar-refractivity contribution in [1.82, 2.24) is 15.0 Å². The van der Waals surface area contributed by atoms with Crippen LogP contribution in [0.15, 0.2) is 107 Å². The van der Waals surface area contributed by atoms with E-state index in [-0.39, 0.29) is 119 Å². The van der Waals surface area contributed by atoms with Crippen LogP contribution >= 0.6 is 0 Å². The highest BCUT2D eigenvalue weighted by Crippen LogP contribution is 2.38. The van der Waals surface area contributed by atoms with Crippen molar-refractivity contribution in [1.29, 1.82) is 0 Å². The van der Waals surface area contributed by atoms with Crippen molar-refractivity contribution in [3.63, 3.8) is 0 Å². The van der Waals surface area contributed by atoms with Crippen molar-refractivity contribution in [3.8, 4) is 0 Å². The number of benzene rings is 3. The molecule has 0 bridgehead atoms. The number of ether oxygens (including phenoxy) is 4. The van der Waals surface area contributed by atoms with Crippen LogP contribution in [0.25, 0.3) is 0 Å². The van der Waals surface area contributed by atoms with Gasteiger partial charge < -0.3 is 33.6 Å². The van der Waals surface area contributed by atoms with Crippen LogP contribution in [0.1, 0.15) is 52.1 Å². The molecule has 3 fully saturated rings. The second kappa shape index (κ2) is 26.7. The summed E-state index contributed by atoms with van der Waals surface area (Å²) in [6, 6.07) is 6.21. The van der Waals surface area contributed by atoms with Gasteiger partial charge in [0.15, 0.2) is 64.2 Å². The lowest BCUT2D eigenvalue weighted by Gasteiger charge is -2.25. The van der Waals surface area contributed by atoms with E-state index in [2.05, 4.69) is 20.3 Å². The highest BCUT2D eigenvalue weighted by molar-refractivity contribution is 5.98. The highest BCUT2D eigenvalue weighted by Gasteiger charge is 2.39. The fourth-order valence-corrected chi connectivity index (χ4v) is 10.1. The van der Waals surface area contributed by atoms with Crippen LogP contribution in [0.3, 0.4) is 0 Å². The molecule has 0 spiro atoms. The molecule has 28 heteroatoms. The van der Waals surface area contributed by atoms with Gasteiger partial charge >= 0.3 is 18.3 Å². The number of cyclic esters (lactones) is 3. The van der Waals surface area contributed by atoms with Gasteiger partial charge in [-0.2, -0.15) is 0 Å². The van der Waals surface area contributed by atoms with Gasteiger partial charge in [0.2, 0.25) is 5.90 Å². The number of anilines is 6. The van der Waals surface area contributed by atoms with Crippen molar-refractivity contribution >= 4 is 81.4 Å². The second-order valence-electron chi connectivity index (χ2n) is 20.7. The Kier molecular flexibility index (Phi) is 19.0. The quantitative estimate of drug-likeness (QED) is 0.0693. The molecule has 3 amide bonds. The molecule has 12 rings (SSSR count). The molecular formula is C59H58F7N11O10. The number of rotatable bonds is 13. The number of aliphatic imine (C=N–C) groups is 2. The number of amides is 3. The summed E-state index contributed by atoms with van der Waals surface area (Å²) in [6.07, 6.45) is 12.6. The van der Waals surface area contributed by atoms with E-state index in [4.69, 9.17) is 18.9 Å². The minimum absolute atomic E-state index is 0. The number of carbonyl (C=O) groups is 6. The first-order valence-corrected chi connectivity index (χ1v) is 27.2. The SMILES string of the molecule is C.CC1=CC(CC[C@H]2CN(c3cc(F)c(N4C=CC(=O)CC4)c(F)c3F)C(=O)O2)=NC1.Cc1cn(C[C@H]2CN(c3ccc(N4C=CC(=O)CC4)c(F)c3F)C(=O)O2)nn1.O=C1C=CN(c2ccc(N3C[C@H](COC4=NCC=C4)OC3=O)c(F)c2F)CC1. The van der Waals surface area contributed by atoms with Gasteiger partial charge in [-0.3, -0.25) is 34.1 Å². The van der Waals surface area contributed by atoms with Gasteiger partial charge in [0.1, 0.15) is 24.5 Å². The molecule has 0 aliphatic carbocycles. The van der Waals surface area contributed by atoms with E-state index in [1.807, 2.05) is 19.1 Å². The van der Waals surface area contributed by atoms with Crippen LogP contribution in [-0.4, -0.2) is 140 Å². The highest BCUT2D eigenvalue weighted by atomic mass is 19.2. The number of halogens is 7. The molecule has 0 N–H and O–H groups in total. The van der Waals surface area contributed by atoms with Crippen LogP contribution in [-0.2, 0) is 39.9 Å². The number of hydrogen-bond donors (Lipinski definition) is 0. The van der Waals surface area contributed by atoms with E-state index in [1.54, 1.807) is 19.2 Å². The summed E-state index contributed by atoms with van der Waals surface area (Å²) < 4.78 is 125. The van der Waals surface area contributed by atoms with E-state index < -0.39 is 88.7 Å². The maximum atomic E-state index is 14.8. The van der Waals surface area contributed by atoms with E-state index in [9.17, 15) is 59.5 Å². The zero-order valence-electron chi connectivity index (χ0n) is 46.1. The van der Waals surface area contributed by atoms with Crippen LogP contribution < -0.4 is 29.4 Å². The molecule has 8 aliphatic rings. The summed E-state index contributed by atoms with van der Waals surface area (Å²) in [5, 5.41) is 7.75. The average Bonchev–Trinajstić information content (AvgIpc) is 2.17. The molecule has 87 heavy (non-hydrogen) atoms. The number of aryl methyl sites for hydroxylation is 1. The van der Waals surface area contributed by atoms with E-state index in [0.717, 1.165) is 42.6 Å². The van der Waals surface area contributed by atoms with Crippen LogP contribution in [0.5, 0.6) is 0 Å². The first-order valence-electron chi connectivity index (χ1n) is 27.2. The molecule has 458 valence electrons. The predicted molar refractivity (Wildman–Crippen MR) is 304 cm³/mol. The molecule has 0 saturated carbocycles. The molecule has 3 saturated heterocycles. The van der Waals surface area contributed by atoms with Crippen molar-refractivity contribution in [2.75, 3.05) is 88.4 Å².